The van der Waals surface area contributed by atoms with E-state index in [0.29, 0.717) is 45.1 Å². The number of nitrogens with two attached hydrogens (primary N) is 2. The molecule has 0 bridgehead atoms. The third-order valence-corrected chi connectivity index (χ3v) is 3.35. The van der Waals surface area contributed by atoms with Crippen LogP contribution in [0.4, 0.5) is 0 Å². The van der Waals surface area contributed by atoms with Gasteiger partial charge in [0.1, 0.15) is 18.0 Å². The predicted molar refractivity (Wildman–Crippen MR) is 86.5 cm³/mol. The number of rotatable bonds is 15. The van der Waals surface area contributed by atoms with E-state index in [4.69, 9.17) is 16.2 Å². The van der Waals surface area contributed by atoms with Crippen molar-refractivity contribution >= 4 is 18.2 Å². The fourth-order valence-corrected chi connectivity index (χ4v) is 2.16. The van der Waals surface area contributed by atoms with Crippen LogP contribution in [0.5, 0.6) is 0 Å². The number of Topliss-reactive ketones (excluding diaryl/α,β-unsaturated/α-hetero) is 1. The van der Waals surface area contributed by atoms with Crippen LogP contribution in [0.3, 0.4) is 0 Å². The summed E-state index contributed by atoms with van der Waals surface area (Å²) in [6.07, 6.45) is 1.80. The molecule has 0 saturated heterocycles. The van der Waals surface area contributed by atoms with Crippen LogP contribution in [-0.2, 0) is 19.2 Å². The second-order valence-electron chi connectivity index (χ2n) is 5.30. The van der Waals surface area contributed by atoms with Crippen LogP contribution < -0.4 is 11.5 Å². The number of nitrogens with zero attached hydrogens (tertiary/aromatic N) is 2. The second kappa shape index (κ2) is 13.1. The second-order valence-corrected chi connectivity index (χ2v) is 5.30. The molecule has 2 unspecified atom stereocenters. The van der Waals surface area contributed by atoms with E-state index >= 15 is 0 Å². The third-order valence-electron chi connectivity index (χ3n) is 3.35. The van der Waals surface area contributed by atoms with Gasteiger partial charge in [0.05, 0.1) is 0 Å². The van der Waals surface area contributed by atoms with E-state index in [2.05, 4.69) is 9.83 Å². The van der Waals surface area contributed by atoms with E-state index in [0.717, 1.165) is 0 Å². The Kier molecular flexibility index (Phi) is 11.8. The molecule has 0 rings (SSSR count). The molecule has 2 atom stereocenters. The Labute approximate surface area is 140 Å². The van der Waals surface area contributed by atoms with Gasteiger partial charge in [-0.1, -0.05) is 6.92 Å². The van der Waals surface area contributed by atoms with Gasteiger partial charge in [-0.2, -0.15) is 0 Å². The Morgan fingerprint density at radius 2 is 1.96 bits per heavy atom. The summed E-state index contributed by atoms with van der Waals surface area (Å²) in [6, 6.07) is 0. The van der Waals surface area contributed by atoms with Crippen molar-refractivity contribution in [2.45, 2.75) is 64.1 Å². The molecule has 0 radical (unpaired) electrons. The number of carbonyl (C=O) groups excluding carboxylic acids is 2. The first kappa shape index (κ1) is 21.6. The molecule has 0 aromatic rings. The van der Waals surface area contributed by atoms with Crippen molar-refractivity contribution in [2.75, 3.05) is 6.54 Å². The lowest BCUT2D eigenvalue weighted by atomic mass is 10.0. The van der Waals surface area contributed by atoms with Crippen molar-refractivity contribution in [1.29, 1.82) is 0 Å². The molecule has 0 amide bonds. The zero-order chi connectivity index (χ0) is 18.4. The van der Waals surface area contributed by atoms with Gasteiger partial charge in [-0.25, -0.2) is 0 Å². The predicted octanol–water partition coefficient (Wildman–Crippen LogP) is 0.698. The standard InChI is InChI=1S/C14H26N4O6/c1-2-12(24-18(21)22)6-3-5-11(20)9-13(23-10-19)7-4-8-17-14(15)16/h10,12-13H,2-9H2,1H3,(H4,15,16,17). The molecule has 0 aliphatic heterocycles. The minimum atomic E-state index is -0.819. The van der Waals surface area contributed by atoms with Crippen LogP contribution in [-0.4, -0.2) is 42.1 Å². The third kappa shape index (κ3) is 12.2. The molecule has 10 heteroatoms. The minimum absolute atomic E-state index is 0.0126. The van der Waals surface area contributed by atoms with Crippen molar-refractivity contribution < 1.29 is 24.3 Å². The highest BCUT2D eigenvalue weighted by Crippen LogP contribution is 2.13. The van der Waals surface area contributed by atoms with Crippen LogP contribution in [0.2, 0.25) is 0 Å². The number of ketones is 1. The number of hydrogen-bond donors (Lipinski definition) is 2. The molecule has 4 N–H and O–H groups in total. The first-order valence-corrected chi connectivity index (χ1v) is 7.86. The molecule has 0 aromatic carbocycles. The maximum absolute atomic E-state index is 11.9. The van der Waals surface area contributed by atoms with Gasteiger partial charge in [0.15, 0.2) is 5.96 Å². The molecule has 0 fully saturated rings. The molecule has 138 valence electrons. The van der Waals surface area contributed by atoms with Gasteiger partial charge < -0.3 is 21.0 Å². The normalized spacial score (nSPS) is 12.7. The molecule has 24 heavy (non-hydrogen) atoms. The highest BCUT2D eigenvalue weighted by molar-refractivity contribution is 5.79. The van der Waals surface area contributed by atoms with E-state index in [1.165, 1.54) is 0 Å². The van der Waals surface area contributed by atoms with Gasteiger partial charge in [0, 0.05) is 19.4 Å². The average molecular weight is 346 g/mol. The quantitative estimate of drug-likeness (QED) is 0.109. The molecule has 0 aliphatic carbocycles. The van der Waals surface area contributed by atoms with Crippen LogP contribution in [0, 0.1) is 10.1 Å². The molecular formula is C14H26N4O6. The van der Waals surface area contributed by atoms with Crippen molar-refractivity contribution in [3.05, 3.63) is 10.1 Å². The Hall–Kier alpha value is -2.39. The van der Waals surface area contributed by atoms with Crippen molar-refractivity contribution in [1.82, 2.24) is 0 Å². The zero-order valence-corrected chi connectivity index (χ0v) is 13.9. The summed E-state index contributed by atoms with van der Waals surface area (Å²) >= 11 is 0. The maximum atomic E-state index is 11.9. The van der Waals surface area contributed by atoms with Gasteiger partial charge in [0.25, 0.3) is 11.6 Å². The summed E-state index contributed by atoms with van der Waals surface area (Å²) in [5.74, 6) is -0.0824. The largest absolute Gasteiger partial charge is 0.464 e. The van der Waals surface area contributed by atoms with E-state index < -0.39 is 17.3 Å². The molecule has 0 aromatic heterocycles. The summed E-state index contributed by atoms with van der Waals surface area (Å²) in [5, 5.41) is 9.47. The SMILES string of the molecule is CCC(CCCC(=O)CC(CCCN=C(N)N)OC=O)O[N+](=O)[O-]. The van der Waals surface area contributed by atoms with Gasteiger partial charge in [0.2, 0.25) is 0 Å². The fraction of sp³-hybridized carbons (Fsp3) is 0.786. The van der Waals surface area contributed by atoms with Crippen molar-refractivity contribution in [3.8, 4) is 0 Å². The summed E-state index contributed by atoms with van der Waals surface area (Å²) in [7, 11) is 0. The lowest BCUT2D eigenvalue weighted by molar-refractivity contribution is -0.768. The lowest BCUT2D eigenvalue weighted by Gasteiger charge is -2.15. The first-order valence-electron chi connectivity index (χ1n) is 7.86. The van der Waals surface area contributed by atoms with E-state index in [9.17, 15) is 19.7 Å². The first-order chi connectivity index (χ1) is 11.4. The van der Waals surface area contributed by atoms with Crippen LogP contribution in [0.25, 0.3) is 0 Å². The summed E-state index contributed by atoms with van der Waals surface area (Å²) < 4.78 is 4.89. The molecular weight excluding hydrogens is 320 g/mol. The van der Waals surface area contributed by atoms with E-state index in [1.54, 1.807) is 6.92 Å². The zero-order valence-electron chi connectivity index (χ0n) is 13.9. The monoisotopic (exact) mass is 346 g/mol. The molecule has 0 heterocycles. The number of hydrogen-bond acceptors (Lipinski definition) is 7. The highest BCUT2D eigenvalue weighted by atomic mass is 17.0. The lowest BCUT2D eigenvalue weighted by Crippen LogP contribution is -2.23. The number of guanidine groups is 1. The highest BCUT2D eigenvalue weighted by Gasteiger charge is 2.16. The summed E-state index contributed by atoms with van der Waals surface area (Å²) in [5.41, 5.74) is 10.4. The van der Waals surface area contributed by atoms with E-state index in [-0.39, 0.29) is 24.6 Å². The van der Waals surface area contributed by atoms with Gasteiger partial charge in [-0.15, -0.1) is 10.1 Å². The minimum Gasteiger partial charge on any atom is -0.464 e. The maximum Gasteiger partial charge on any atom is 0.294 e. The van der Waals surface area contributed by atoms with Crippen molar-refractivity contribution in [2.24, 2.45) is 16.5 Å². The molecule has 10 nitrogen and oxygen atoms in total. The van der Waals surface area contributed by atoms with Crippen LogP contribution in [0.15, 0.2) is 4.99 Å². The number of ether oxygens (including phenoxy) is 1. The average Bonchev–Trinajstić information content (AvgIpc) is 2.50. The number of carbonyl (C=O) groups is 2. The molecule has 0 aliphatic rings. The smallest absolute Gasteiger partial charge is 0.294 e. The molecule has 0 saturated carbocycles. The summed E-state index contributed by atoms with van der Waals surface area (Å²) in [4.78, 5) is 41.0. The number of aliphatic imine (C=N–C) groups is 1. The Morgan fingerprint density at radius 3 is 2.50 bits per heavy atom. The van der Waals surface area contributed by atoms with E-state index in [1.807, 2.05) is 0 Å². The van der Waals surface area contributed by atoms with Crippen molar-refractivity contribution in [3.63, 3.8) is 0 Å². The van der Waals surface area contributed by atoms with Gasteiger partial charge >= 0.3 is 0 Å². The van der Waals surface area contributed by atoms with Crippen LogP contribution >= 0.6 is 0 Å². The fourth-order valence-electron chi connectivity index (χ4n) is 2.16. The van der Waals surface area contributed by atoms with Gasteiger partial charge in [-0.05, 0) is 32.1 Å². The van der Waals surface area contributed by atoms with Crippen LogP contribution in [0.1, 0.15) is 51.9 Å². The molecule has 0 spiro atoms. The Morgan fingerprint density at radius 1 is 1.29 bits per heavy atom. The Bertz CT molecular complexity index is 425. The Balaban J connectivity index is 4.11. The summed E-state index contributed by atoms with van der Waals surface area (Å²) in [6.45, 7) is 2.49. The van der Waals surface area contributed by atoms with Gasteiger partial charge in [-0.3, -0.25) is 14.6 Å². The topological polar surface area (TPSA) is 160 Å².